The molecular weight excluding hydrogens is 345 g/mol. The summed E-state index contributed by atoms with van der Waals surface area (Å²) in [5.41, 5.74) is 7.22. The second kappa shape index (κ2) is 10.2. The molecule has 1 amide bonds. The van der Waals surface area contributed by atoms with E-state index in [2.05, 4.69) is 4.90 Å². The van der Waals surface area contributed by atoms with Crippen LogP contribution in [0.15, 0.2) is 30.3 Å². The van der Waals surface area contributed by atoms with E-state index in [-0.39, 0.29) is 36.8 Å². The Morgan fingerprint density at radius 1 is 1.12 bits per heavy atom. The Balaban J connectivity index is 0.00000144. The zero-order chi connectivity index (χ0) is 15.4. The highest BCUT2D eigenvalue weighted by molar-refractivity contribution is 5.85. The quantitative estimate of drug-likeness (QED) is 0.862. The van der Waals surface area contributed by atoms with Gasteiger partial charge in [0.25, 0.3) is 0 Å². The molecule has 2 unspecified atom stereocenters. The summed E-state index contributed by atoms with van der Waals surface area (Å²) in [6.45, 7) is 5.46. The summed E-state index contributed by atoms with van der Waals surface area (Å²) in [5, 5.41) is 0. The summed E-state index contributed by atoms with van der Waals surface area (Å²) in [6, 6.07) is 9.73. The van der Waals surface area contributed by atoms with Crippen molar-refractivity contribution in [1.82, 2.24) is 9.80 Å². The van der Waals surface area contributed by atoms with Gasteiger partial charge in [0.15, 0.2) is 0 Å². The van der Waals surface area contributed by atoms with Crippen LogP contribution in [0, 0.1) is 5.92 Å². The highest BCUT2D eigenvalue weighted by Crippen LogP contribution is 2.22. The van der Waals surface area contributed by atoms with Crippen LogP contribution in [0.2, 0.25) is 0 Å². The molecule has 2 fully saturated rings. The Kier molecular flexibility index (Phi) is 9.06. The minimum atomic E-state index is -0.189. The maximum absolute atomic E-state index is 12.4. The molecule has 2 N–H and O–H groups in total. The van der Waals surface area contributed by atoms with E-state index in [4.69, 9.17) is 5.73 Å². The Morgan fingerprint density at radius 2 is 1.79 bits per heavy atom. The predicted molar refractivity (Wildman–Crippen MR) is 103 cm³/mol. The van der Waals surface area contributed by atoms with Gasteiger partial charge in [-0.15, -0.1) is 24.8 Å². The first-order valence-electron chi connectivity index (χ1n) is 8.53. The standard InChI is InChI=1S/C18H27N3O.2ClH/c19-17(16-6-2-1-3-7-16)12-18(22)21-11-8-15(14-21)13-20-9-4-5-10-20;;/h1-3,6-7,15,17H,4-5,8-14,19H2;2*1H. The van der Waals surface area contributed by atoms with Gasteiger partial charge in [-0.25, -0.2) is 0 Å². The number of likely N-dealkylation sites (tertiary alicyclic amines) is 2. The number of halogens is 2. The van der Waals surface area contributed by atoms with Crippen LogP contribution in [0.3, 0.4) is 0 Å². The van der Waals surface area contributed by atoms with Crippen LogP contribution >= 0.6 is 24.8 Å². The summed E-state index contributed by atoms with van der Waals surface area (Å²) in [5.74, 6) is 0.857. The molecule has 0 saturated carbocycles. The molecule has 6 heteroatoms. The average Bonchev–Trinajstić information content (AvgIpc) is 3.20. The van der Waals surface area contributed by atoms with Crippen molar-refractivity contribution >= 4 is 30.7 Å². The van der Waals surface area contributed by atoms with Crippen LogP contribution in [0.5, 0.6) is 0 Å². The van der Waals surface area contributed by atoms with Gasteiger partial charge in [0, 0.05) is 32.1 Å². The van der Waals surface area contributed by atoms with Gasteiger partial charge in [-0.05, 0) is 43.8 Å². The minimum absolute atomic E-state index is 0. The van der Waals surface area contributed by atoms with E-state index in [1.54, 1.807) is 0 Å². The van der Waals surface area contributed by atoms with Crippen molar-refractivity contribution in [1.29, 1.82) is 0 Å². The van der Waals surface area contributed by atoms with Crippen molar-refractivity contribution in [2.24, 2.45) is 11.7 Å². The van der Waals surface area contributed by atoms with E-state index in [1.165, 1.54) is 25.9 Å². The van der Waals surface area contributed by atoms with Crippen molar-refractivity contribution in [3.05, 3.63) is 35.9 Å². The van der Waals surface area contributed by atoms with Gasteiger partial charge in [0.1, 0.15) is 0 Å². The zero-order valence-electron chi connectivity index (χ0n) is 14.1. The molecule has 0 bridgehead atoms. The maximum atomic E-state index is 12.4. The molecule has 0 aromatic heterocycles. The number of amides is 1. The Labute approximate surface area is 157 Å². The first-order chi connectivity index (χ1) is 10.7. The summed E-state index contributed by atoms with van der Waals surface area (Å²) >= 11 is 0. The van der Waals surface area contributed by atoms with Crippen LogP contribution < -0.4 is 5.73 Å². The highest BCUT2D eigenvalue weighted by atomic mass is 35.5. The van der Waals surface area contributed by atoms with Crippen molar-refractivity contribution in [2.45, 2.75) is 31.7 Å². The minimum Gasteiger partial charge on any atom is -0.342 e. The zero-order valence-corrected chi connectivity index (χ0v) is 15.7. The summed E-state index contributed by atoms with van der Waals surface area (Å²) in [7, 11) is 0. The van der Waals surface area contributed by atoms with Crippen molar-refractivity contribution < 1.29 is 4.79 Å². The molecule has 0 spiro atoms. The molecule has 2 saturated heterocycles. The normalized spacial score (nSPS) is 21.9. The fraction of sp³-hybridized carbons (Fsp3) is 0.611. The fourth-order valence-corrected chi connectivity index (χ4v) is 3.67. The third-order valence-electron chi connectivity index (χ3n) is 4.98. The molecule has 136 valence electrons. The molecule has 4 nitrogen and oxygen atoms in total. The van der Waals surface area contributed by atoms with E-state index < -0.39 is 0 Å². The molecular formula is C18H29Cl2N3O. The van der Waals surface area contributed by atoms with Crippen molar-refractivity contribution in [3.8, 4) is 0 Å². The first-order valence-corrected chi connectivity index (χ1v) is 8.53. The van der Waals surface area contributed by atoms with Gasteiger partial charge >= 0.3 is 0 Å². The van der Waals surface area contributed by atoms with Crippen LogP contribution in [-0.4, -0.2) is 48.4 Å². The molecule has 1 aromatic carbocycles. The maximum Gasteiger partial charge on any atom is 0.224 e. The van der Waals surface area contributed by atoms with E-state index in [0.29, 0.717) is 12.3 Å². The Bertz CT molecular complexity index is 494. The van der Waals surface area contributed by atoms with Crippen LogP contribution in [-0.2, 0) is 4.79 Å². The van der Waals surface area contributed by atoms with Crippen LogP contribution in [0.1, 0.15) is 37.3 Å². The topological polar surface area (TPSA) is 49.6 Å². The van der Waals surface area contributed by atoms with Gasteiger partial charge in [0.2, 0.25) is 5.91 Å². The Hall–Kier alpha value is -0.810. The SMILES string of the molecule is Cl.Cl.NC(CC(=O)N1CCC(CN2CCCC2)C1)c1ccccc1. The number of hydrogen-bond acceptors (Lipinski definition) is 3. The van der Waals surface area contributed by atoms with Gasteiger partial charge < -0.3 is 15.5 Å². The average molecular weight is 374 g/mol. The molecule has 3 rings (SSSR count). The molecule has 2 heterocycles. The number of carbonyl (C=O) groups is 1. The smallest absolute Gasteiger partial charge is 0.224 e. The van der Waals surface area contributed by atoms with Gasteiger partial charge in [-0.2, -0.15) is 0 Å². The fourth-order valence-electron chi connectivity index (χ4n) is 3.67. The third-order valence-corrected chi connectivity index (χ3v) is 4.98. The van der Waals surface area contributed by atoms with Crippen LogP contribution in [0.25, 0.3) is 0 Å². The second-order valence-electron chi connectivity index (χ2n) is 6.72. The monoisotopic (exact) mass is 373 g/mol. The van der Waals surface area contributed by atoms with Crippen molar-refractivity contribution in [2.75, 3.05) is 32.7 Å². The van der Waals surface area contributed by atoms with E-state index in [9.17, 15) is 4.79 Å². The predicted octanol–water partition coefficient (Wildman–Crippen LogP) is 2.86. The van der Waals surface area contributed by atoms with Gasteiger partial charge in [-0.3, -0.25) is 4.79 Å². The van der Waals surface area contributed by atoms with Gasteiger partial charge in [-0.1, -0.05) is 30.3 Å². The molecule has 0 aliphatic carbocycles. The molecule has 2 atom stereocenters. The Morgan fingerprint density at radius 3 is 2.46 bits per heavy atom. The van der Waals surface area contributed by atoms with E-state index >= 15 is 0 Å². The lowest BCUT2D eigenvalue weighted by atomic mass is 10.0. The lowest BCUT2D eigenvalue weighted by Crippen LogP contribution is -2.33. The second-order valence-corrected chi connectivity index (χ2v) is 6.72. The molecule has 2 aliphatic rings. The molecule has 2 aliphatic heterocycles. The molecule has 0 radical (unpaired) electrons. The molecule has 24 heavy (non-hydrogen) atoms. The lowest BCUT2D eigenvalue weighted by molar-refractivity contribution is -0.130. The number of nitrogens with two attached hydrogens (primary N) is 1. The lowest BCUT2D eigenvalue weighted by Gasteiger charge is -2.21. The summed E-state index contributed by atoms with van der Waals surface area (Å²) in [4.78, 5) is 17.0. The van der Waals surface area contributed by atoms with Crippen LogP contribution in [0.4, 0.5) is 0 Å². The summed E-state index contributed by atoms with van der Waals surface area (Å²) < 4.78 is 0. The third kappa shape index (κ3) is 5.62. The molecule has 1 aromatic rings. The van der Waals surface area contributed by atoms with Crippen molar-refractivity contribution in [3.63, 3.8) is 0 Å². The number of benzene rings is 1. The first kappa shape index (κ1) is 21.2. The highest BCUT2D eigenvalue weighted by Gasteiger charge is 2.29. The largest absolute Gasteiger partial charge is 0.342 e. The number of hydrogen-bond donors (Lipinski definition) is 1. The summed E-state index contributed by atoms with van der Waals surface area (Å²) in [6.07, 6.45) is 4.23. The van der Waals surface area contributed by atoms with Gasteiger partial charge in [0.05, 0.1) is 0 Å². The number of rotatable bonds is 5. The number of carbonyl (C=O) groups excluding carboxylic acids is 1. The van der Waals surface area contributed by atoms with E-state index in [1.807, 2.05) is 35.2 Å². The van der Waals surface area contributed by atoms with E-state index in [0.717, 1.165) is 31.6 Å². The number of nitrogens with zero attached hydrogens (tertiary/aromatic N) is 2.